The van der Waals surface area contributed by atoms with Crippen molar-refractivity contribution in [2.75, 3.05) is 0 Å². The van der Waals surface area contributed by atoms with Gasteiger partial charge >= 0.3 is 39.6 Å². The van der Waals surface area contributed by atoms with E-state index in [9.17, 15) is 61.1 Å². The van der Waals surface area contributed by atoms with Gasteiger partial charge in [-0.1, -0.05) is 0 Å². The largest absolute Gasteiger partial charge is 0.458 e. The predicted octanol–water partition coefficient (Wildman–Crippen LogP) is 3.48. The SMILES string of the molecule is O=S(=O)(O)C(F)(C(C(F)(F)F)C(F)(F)F)C(F)(F)C(F)(F)F. The molecule has 0 aromatic carbocycles. The van der Waals surface area contributed by atoms with Crippen LogP contribution in [0.4, 0.5) is 52.7 Å². The molecule has 0 spiro atoms. The highest BCUT2D eigenvalue weighted by Crippen LogP contribution is 2.58. The fraction of sp³-hybridized carbons (Fsp3) is 1.00. The quantitative estimate of drug-likeness (QED) is 0.601. The lowest BCUT2D eigenvalue weighted by Crippen LogP contribution is -2.68. The van der Waals surface area contributed by atoms with Crippen LogP contribution in [0.15, 0.2) is 0 Å². The van der Waals surface area contributed by atoms with Gasteiger partial charge < -0.3 is 0 Å². The number of alkyl halides is 12. The van der Waals surface area contributed by atoms with E-state index in [0.29, 0.717) is 0 Å². The van der Waals surface area contributed by atoms with E-state index in [4.69, 9.17) is 4.55 Å². The van der Waals surface area contributed by atoms with Gasteiger partial charge in [-0.25, -0.2) is 4.39 Å². The average molecular weight is 382 g/mol. The van der Waals surface area contributed by atoms with Gasteiger partial charge in [0.25, 0.3) is 0 Å². The highest BCUT2D eigenvalue weighted by Gasteiger charge is 2.87. The molecule has 0 aliphatic rings. The fourth-order valence-electron chi connectivity index (χ4n) is 1.29. The van der Waals surface area contributed by atoms with Crippen molar-refractivity contribution in [3.63, 3.8) is 0 Å². The maximum atomic E-state index is 13.5. The summed E-state index contributed by atoms with van der Waals surface area (Å²) in [6, 6.07) is 0. The van der Waals surface area contributed by atoms with E-state index in [1.807, 2.05) is 0 Å². The smallest absolute Gasteiger partial charge is 0.283 e. The van der Waals surface area contributed by atoms with E-state index in [0.717, 1.165) is 0 Å². The lowest BCUT2D eigenvalue weighted by atomic mass is 9.95. The lowest BCUT2D eigenvalue weighted by Gasteiger charge is -2.38. The molecule has 0 aliphatic heterocycles. The normalized spacial score (nSPS) is 18.5. The Morgan fingerprint density at radius 1 is 0.682 bits per heavy atom. The van der Waals surface area contributed by atoms with Gasteiger partial charge in [-0.05, 0) is 0 Å². The molecule has 0 radical (unpaired) electrons. The van der Waals surface area contributed by atoms with Crippen LogP contribution in [0.25, 0.3) is 0 Å². The Morgan fingerprint density at radius 3 is 1.09 bits per heavy atom. The van der Waals surface area contributed by atoms with Gasteiger partial charge in [0.05, 0.1) is 0 Å². The summed E-state index contributed by atoms with van der Waals surface area (Å²) in [5, 5.41) is -7.48. The van der Waals surface area contributed by atoms with Crippen LogP contribution in [0.2, 0.25) is 0 Å². The predicted molar refractivity (Wildman–Crippen MR) is 42.0 cm³/mol. The van der Waals surface area contributed by atoms with E-state index in [-0.39, 0.29) is 0 Å². The average Bonchev–Trinajstić information content (AvgIpc) is 2.07. The Labute approximate surface area is 112 Å². The molecule has 1 N–H and O–H groups in total. The number of hydrogen-bond donors (Lipinski definition) is 1. The third kappa shape index (κ3) is 3.21. The maximum absolute atomic E-state index is 13.5. The minimum absolute atomic E-state index is 6.36. The molecule has 0 bridgehead atoms. The van der Waals surface area contributed by atoms with Gasteiger partial charge in [0.15, 0.2) is 0 Å². The molecule has 0 saturated carbocycles. The second-order valence-electron chi connectivity index (χ2n) is 3.71. The number of hydrogen-bond acceptors (Lipinski definition) is 2. The summed E-state index contributed by atoms with van der Waals surface area (Å²) in [6.07, 6.45) is -22.0. The van der Waals surface area contributed by atoms with Crippen LogP contribution in [-0.2, 0) is 10.1 Å². The van der Waals surface area contributed by atoms with Crippen LogP contribution in [0.1, 0.15) is 0 Å². The molecule has 3 nitrogen and oxygen atoms in total. The molecule has 16 heteroatoms. The van der Waals surface area contributed by atoms with Crippen LogP contribution in [-0.4, -0.2) is 42.4 Å². The molecule has 0 aliphatic carbocycles. The van der Waals surface area contributed by atoms with Crippen LogP contribution >= 0.6 is 0 Å². The second-order valence-corrected chi connectivity index (χ2v) is 5.25. The summed E-state index contributed by atoms with van der Waals surface area (Å²) in [5.74, 6) is -14.1. The highest BCUT2D eigenvalue weighted by molar-refractivity contribution is 7.87. The first-order valence-corrected chi connectivity index (χ1v) is 5.79. The molecule has 0 saturated heterocycles. The summed E-state index contributed by atoms with van der Waals surface area (Å²) in [5.41, 5.74) is 0. The summed E-state index contributed by atoms with van der Waals surface area (Å²) < 4.78 is 176. The first-order valence-electron chi connectivity index (χ1n) is 4.35. The Balaban J connectivity index is 6.88. The van der Waals surface area contributed by atoms with Crippen molar-refractivity contribution in [2.24, 2.45) is 5.92 Å². The molecule has 134 valence electrons. The van der Waals surface area contributed by atoms with Gasteiger partial charge in [-0.2, -0.15) is 56.7 Å². The number of halogens is 12. The fourth-order valence-corrected chi connectivity index (χ4v) is 2.30. The molecule has 1 unspecified atom stereocenters. The lowest BCUT2D eigenvalue weighted by molar-refractivity contribution is -0.371. The zero-order chi connectivity index (χ0) is 18.6. The Kier molecular flexibility index (Phi) is 4.82. The monoisotopic (exact) mass is 382 g/mol. The minimum Gasteiger partial charge on any atom is -0.283 e. The molecule has 0 fully saturated rings. The van der Waals surface area contributed by atoms with Gasteiger partial charge in [0.1, 0.15) is 0 Å². The molecule has 0 aromatic rings. The van der Waals surface area contributed by atoms with Gasteiger partial charge in [-0.15, -0.1) is 0 Å². The number of rotatable bonds is 3. The van der Waals surface area contributed by atoms with E-state index in [1.54, 1.807) is 0 Å². The molecular weight excluding hydrogens is 380 g/mol. The van der Waals surface area contributed by atoms with Crippen LogP contribution in [0, 0.1) is 5.92 Å². The molecule has 0 heterocycles. The summed E-state index contributed by atoms with van der Waals surface area (Å²) >= 11 is 0. The van der Waals surface area contributed by atoms with Gasteiger partial charge in [-0.3, -0.25) is 4.55 Å². The van der Waals surface area contributed by atoms with Crippen molar-refractivity contribution in [2.45, 2.75) is 29.5 Å². The summed E-state index contributed by atoms with van der Waals surface area (Å²) in [4.78, 5) is 0. The Bertz CT molecular complexity index is 498. The third-order valence-electron chi connectivity index (χ3n) is 2.19. The van der Waals surface area contributed by atoms with Crippen molar-refractivity contribution in [3.8, 4) is 0 Å². The zero-order valence-electron chi connectivity index (χ0n) is 9.28. The topological polar surface area (TPSA) is 54.4 Å². The molecule has 0 amide bonds. The van der Waals surface area contributed by atoms with Crippen molar-refractivity contribution >= 4 is 10.1 Å². The standard InChI is InChI=1S/C6H2F12O3S/c7-2(22(19,20)21,5(14,15)6(16,17)18)1(3(8,9)10)4(11,12)13/h1H,(H,19,20,21). The first kappa shape index (κ1) is 21.1. The van der Waals surface area contributed by atoms with Crippen molar-refractivity contribution in [1.29, 1.82) is 0 Å². The molecule has 22 heavy (non-hydrogen) atoms. The minimum atomic E-state index is -7.85. The van der Waals surface area contributed by atoms with Crippen LogP contribution in [0.5, 0.6) is 0 Å². The van der Waals surface area contributed by atoms with E-state index in [2.05, 4.69) is 0 Å². The molecular formula is C6H2F12O3S. The third-order valence-corrected chi connectivity index (χ3v) is 3.43. The van der Waals surface area contributed by atoms with Crippen LogP contribution in [0.3, 0.4) is 0 Å². The van der Waals surface area contributed by atoms with E-state index >= 15 is 0 Å². The van der Waals surface area contributed by atoms with Crippen molar-refractivity contribution in [3.05, 3.63) is 0 Å². The molecule has 0 aromatic heterocycles. The van der Waals surface area contributed by atoms with Crippen molar-refractivity contribution in [1.82, 2.24) is 0 Å². The van der Waals surface area contributed by atoms with Gasteiger partial charge in [0.2, 0.25) is 5.92 Å². The van der Waals surface area contributed by atoms with Crippen LogP contribution < -0.4 is 0 Å². The maximum Gasteiger partial charge on any atom is 0.458 e. The Hall–Kier alpha value is -0.930. The summed E-state index contributed by atoms with van der Waals surface area (Å²) in [7, 11) is -7.85. The Morgan fingerprint density at radius 2 is 0.955 bits per heavy atom. The second kappa shape index (κ2) is 5.04. The summed E-state index contributed by atoms with van der Waals surface area (Å²) in [6.45, 7) is 0. The first-order chi connectivity index (χ1) is 9.12. The van der Waals surface area contributed by atoms with E-state index < -0.39 is 45.5 Å². The molecule has 1 atom stereocenters. The zero-order valence-corrected chi connectivity index (χ0v) is 10.1. The van der Waals surface area contributed by atoms with Crippen molar-refractivity contribution < 1.29 is 65.7 Å². The van der Waals surface area contributed by atoms with E-state index in [1.165, 1.54) is 0 Å². The highest BCUT2D eigenvalue weighted by atomic mass is 32.2. The van der Waals surface area contributed by atoms with Gasteiger partial charge in [0, 0.05) is 0 Å². The molecule has 0 rings (SSSR count).